The fourth-order valence-corrected chi connectivity index (χ4v) is 2.66. The van der Waals surface area contributed by atoms with Crippen LogP contribution in [0.3, 0.4) is 0 Å². The molecule has 1 N–H and O–H groups in total. The SMILES string of the molecule is CCN(CC)CC(C)(O)N(C(C)C)C(C)C. The Hall–Kier alpha value is -0.120. The molecule has 0 aromatic heterocycles. The maximum atomic E-state index is 10.6. The van der Waals surface area contributed by atoms with Crippen molar-refractivity contribution in [1.29, 1.82) is 0 Å². The molecule has 0 radical (unpaired) electrons. The van der Waals surface area contributed by atoms with E-state index >= 15 is 0 Å². The molecule has 0 saturated heterocycles. The minimum absolute atomic E-state index is 0.352. The van der Waals surface area contributed by atoms with Crippen molar-refractivity contribution in [3.05, 3.63) is 0 Å². The highest BCUT2D eigenvalue weighted by molar-refractivity contribution is 4.83. The average Bonchev–Trinajstić information content (AvgIpc) is 2.12. The lowest BCUT2D eigenvalue weighted by Crippen LogP contribution is -2.58. The highest BCUT2D eigenvalue weighted by atomic mass is 16.3. The van der Waals surface area contributed by atoms with Crippen LogP contribution in [-0.2, 0) is 0 Å². The molecule has 0 fully saturated rings. The number of nitrogens with zero attached hydrogens (tertiary/aromatic N) is 2. The molecule has 0 aromatic carbocycles. The van der Waals surface area contributed by atoms with Gasteiger partial charge in [-0.05, 0) is 47.7 Å². The summed E-state index contributed by atoms with van der Waals surface area (Å²) in [6.45, 7) is 17.4. The Bertz CT molecular complexity index is 178. The number of hydrogen-bond donors (Lipinski definition) is 1. The lowest BCUT2D eigenvalue weighted by Gasteiger charge is -2.44. The highest BCUT2D eigenvalue weighted by Crippen LogP contribution is 2.20. The minimum Gasteiger partial charge on any atom is -0.375 e. The first kappa shape index (κ1) is 15.9. The summed E-state index contributed by atoms with van der Waals surface area (Å²) in [6.07, 6.45) is 0. The molecule has 0 aliphatic rings. The summed E-state index contributed by atoms with van der Waals surface area (Å²) in [5.74, 6) is 0. The van der Waals surface area contributed by atoms with Crippen LogP contribution in [0.25, 0.3) is 0 Å². The van der Waals surface area contributed by atoms with Gasteiger partial charge < -0.3 is 5.11 Å². The minimum atomic E-state index is -0.756. The molecule has 0 aromatic rings. The maximum absolute atomic E-state index is 10.6. The van der Waals surface area contributed by atoms with Gasteiger partial charge in [-0.2, -0.15) is 0 Å². The summed E-state index contributed by atoms with van der Waals surface area (Å²) < 4.78 is 0. The van der Waals surface area contributed by atoms with Gasteiger partial charge in [0.15, 0.2) is 0 Å². The Kier molecular flexibility index (Phi) is 6.53. The van der Waals surface area contributed by atoms with Gasteiger partial charge in [0, 0.05) is 18.6 Å². The Morgan fingerprint density at radius 3 is 1.62 bits per heavy atom. The third-order valence-corrected chi connectivity index (χ3v) is 3.09. The summed E-state index contributed by atoms with van der Waals surface area (Å²) >= 11 is 0. The molecule has 0 spiro atoms. The van der Waals surface area contributed by atoms with Crippen molar-refractivity contribution in [1.82, 2.24) is 9.80 Å². The first-order chi connectivity index (χ1) is 7.26. The molecular weight excluding hydrogens is 200 g/mol. The van der Waals surface area contributed by atoms with Crippen LogP contribution in [0.2, 0.25) is 0 Å². The van der Waals surface area contributed by atoms with E-state index in [9.17, 15) is 5.11 Å². The molecule has 0 rings (SSSR count). The second kappa shape index (κ2) is 6.58. The van der Waals surface area contributed by atoms with Gasteiger partial charge in [0.2, 0.25) is 0 Å². The van der Waals surface area contributed by atoms with Crippen LogP contribution in [0.1, 0.15) is 48.5 Å². The number of likely N-dealkylation sites (N-methyl/N-ethyl adjacent to an activating group) is 1. The van der Waals surface area contributed by atoms with E-state index in [1.807, 2.05) is 6.92 Å². The summed E-state index contributed by atoms with van der Waals surface area (Å²) in [5, 5.41) is 10.6. The standard InChI is InChI=1S/C13H30N2O/c1-8-14(9-2)10-13(7,16)15(11(3)4)12(5)6/h11-12,16H,8-10H2,1-7H3. The van der Waals surface area contributed by atoms with Gasteiger partial charge in [-0.15, -0.1) is 0 Å². The molecule has 0 aliphatic carbocycles. The molecule has 3 nitrogen and oxygen atoms in total. The molecule has 1 unspecified atom stereocenters. The van der Waals surface area contributed by atoms with E-state index in [0.29, 0.717) is 18.6 Å². The zero-order chi connectivity index (χ0) is 12.9. The van der Waals surface area contributed by atoms with E-state index < -0.39 is 5.72 Å². The fraction of sp³-hybridized carbons (Fsp3) is 1.00. The second-order valence-corrected chi connectivity index (χ2v) is 5.27. The van der Waals surface area contributed by atoms with E-state index in [4.69, 9.17) is 0 Å². The Morgan fingerprint density at radius 2 is 1.38 bits per heavy atom. The molecule has 0 bridgehead atoms. The molecule has 0 aliphatic heterocycles. The first-order valence-corrected chi connectivity index (χ1v) is 6.49. The van der Waals surface area contributed by atoms with Gasteiger partial charge in [-0.3, -0.25) is 9.80 Å². The van der Waals surface area contributed by atoms with Crippen molar-refractivity contribution in [3.63, 3.8) is 0 Å². The normalized spacial score (nSPS) is 16.5. The molecule has 1 atom stereocenters. The molecule has 0 saturated carbocycles. The van der Waals surface area contributed by atoms with Crippen LogP contribution in [0.5, 0.6) is 0 Å². The number of aliphatic hydroxyl groups is 1. The van der Waals surface area contributed by atoms with Crippen LogP contribution < -0.4 is 0 Å². The van der Waals surface area contributed by atoms with Gasteiger partial charge in [0.05, 0.1) is 0 Å². The third kappa shape index (κ3) is 4.40. The van der Waals surface area contributed by atoms with Gasteiger partial charge >= 0.3 is 0 Å². The average molecular weight is 230 g/mol. The first-order valence-electron chi connectivity index (χ1n) is 6.49. The quantitative estimate of drug-likeness (QED) is 0.679. The van der Waals surface area contributed by atoms with Crippen molar-refractivity contribution in [2.45, 2.75) is 66.3 Å². The molecule has 16 heavy (non-hydrogen) atoms. The fourth-order valence-electron chi connectivity index (χ4n) is 2.66. The molecule has 0 heterocycles. The molecule has 3 heteroatoms. The smallest absolute Gasteiger partial charge is 0.128 e. The summed E-state index contributed by atoms with van der Waals surface area (Å²) in [6, 6.07) is 0.705. The van der Waals surface area contributed by atoms with Crippen LogP contribution in [0.15, 0.2) is 0 Å². The number of rotatable bonds is 7. The van der Waals surface area contributed by atoms with Crippen molar-refractivity contribution in [3.8, 4) is 0 Å². The predicted octanol–water partition coefficient (Wildman–Crippen LogP) is 2.16. The van der Waals surface area contributed by atoms with Crippen molar-refractivity contribution < 1.29 is 5.11 Å². The van der Waals surface area contributed by atoms with Gasteiger partial charge in [-0.25, -0.2) is 0 Å². The van der Waals surface area contributed by atoms with Crippen molar-refractivity contribution in [2.75, 3.05) is 19.6 Å². The van der Waals surface area contributed by atoms with E-state index in [0.717, 1.165) is 13.1 Å². The zero-order valence-corrected chi connectivity index (χ0v) is 12.1. The third-order valence-electron chi connectivity index (χ3n) is 3.09. The van der Waals surface area contributed by atoms with Gasteiger partial charge in [-0.1, -0.05) is 13.8 Å². The van der Waals surface area contributed by atoms with Gasteiger partial charge in [0.1, 0.15) is 5.72 Å². The second-order valence-electron chi connectivity index (χ2n) is 5.27. The van der Waals surface area contributed by atoms with Crippen molar-refractivity contribution >= 4 is 0 Å². The monoisotopic (exact) mass is 230 g/mol. The molecule has 0 amide bonds. The van der Waals surface area contributed by atoms with E-state index in [1.54, 1.807) is 0 Å². The van der Waals surface area contributed by atoms with Gasteiger partial charge in [0.25, 0.3) is 0 Å². The predicted molar refractivity (Wildman–Crippen MR) is 70.5 cm³/mol. The maximum Gasteiger partial charge on any atom is 0.128 e. The lowest BCUT2D eigenvalue weighted by atomic mass is 10.1. The van der Waals surface area contributed by atoms with Crippen LogP contribution in [0.4, 0.5) is 0 Å². The zero-order valence-electron chi connectivity index (χ0n) is 12.1. The van der Waals surface area contributed by atoms with E-state index in [2.05, 4.69) is 51.3 Å². The van der Waals surface area contributed by atoms with Crippen LogP contribution in [0, 0.1) is 0 Å². The topological polar surface area (TPSA) is 26.7 Å². The Labute approximate surface area is 101 Å². The number of hydrogen-bond acceptors (Lipinski definition) is 3. The van der Waals surface area contributed by atoms with E-state index in [-0.39, 0.29) is 0 Å². The van der Waals surface area contributed by atoms with E-state index in [1.165, 1.54) is 0 Å². The Balaban J connectivity index is 4.70. The van der Waals surface area contributed by atoms with Crippen LogP contribution in [-0.4, -0.2) is 52.3 Å². The summed E-state index contributed by atoms with van der Waals surface area (Å²) in [4.78, 5) is 4.43. The molecule has 98 valence electrons. The lowest BCUT2D eigenvalue weighted by molar-refractivity contribution is -0.139. The summed E-state index contributed by atoms with van der Waals surface area (Å²) in [7, 11) is 0. The summed E-state index contributed by atoms with van der Waals surface area (Å²) in [5.41, 5.74) is -0.756. The largest absolute Gasteiger partial charge is 0.375 e. The van der Waals surface area contributed by atoms with Crippen molar-refractivity contribution in [2.24, 2.45) is 0 Å². The van der Waals surface area contributed by atoms with Crippen LogP contribution >= 0.6 is 0 Å². The molecular formula is C13H30N2O. The Morgan fingerprint density at radius 1 is 1.00 bits per heavy atom. The highest BCUT2D eigenvalue weighted by Gasteiger charge is 2.34.